The second kappa shape index (κ2) is 4.65. The molecule has 5 heteroatoms. The highest BCUT2D eigenvalue weighted by Gasteiger charge is 2.49. The second-order valence-electron chi connectivity index (χ2n) is 5.78. The minimum absolute atomic E-state index is 0.136. The summed E-state index contributed by atoms with van der Waals surface area (Å²) in [5, 5.41) is 9.57. The van der Waals surface area contributed by atoms with Crippen LogP contribution in [0.4, 0.5) is 0 Å². The Morgan fingerprint density at radius 3 is 2.80 bits per heavy atom. The molecule has 1 saturated heterocycles. The Morgan fingerprint density at radius 1 is 1.45 bits per heavy atom. The predicted molar refractivity (Wildman–Crippen MR) is 73.6 cm³/mol. The quantitative estimate of drug-likeness (QED) is 0.917. The number of carboxylic acids is 1. The van der Waals surface area contributed by atoms with Crippen molar-refractivity contribution in [3.05, 3.63) is 24.0 Å². The first-order chi connectivity index (χ1) is 9.60. The van der Waals surface area contributed by atoms with Gasteiger partial charge in [-0.15, -0.1) is 0 Å². The van der Waals surface area contributed by atoms with Crippen LogP contribution in [0.1, 0.15) is 55.6 Å². The van der Waals surface area contributed by atoms with Crippen molar-refractivity contribution in [2.24, 2.45) is 0 Å². The molecule has 0 aromatic carbocycles. The molecule has 0 spiro atoms. The van der Waals surface area contributed by atoms with Crippen molar-refractivity contribution in [3.63, 3.8) is 0 Å². The second-order valence-corrected chi connectivity index (χ2v) is 5.78. The van der Waals surface area contributed by atoms with E-state index >= 15 is 0 Å². The topological polar surface area (TPSA) is 62.5 Å². The van der Waals surface area contributed by atoms with Gasteiger partial charge in [-0.25, -0.2) is 4.79 Å². The summed E-state index contributed by atoms with van der Waals surface area (Å²) in [4.78, 5) is 26.0. The van der Waals surface area contributed by atoms with Gasteiger partial charge in [-0.2, -0.15) is 0 Å². The molecule has 1 aliphatic carbocycles. The molecule has 2 fully saturated rings. The first-order valence-corrected chi connectivity index (χ1v) is 7.32. The third-order valence-electron chi connectivity index (χ3n) is 4.66. The van der Waals surface area contributed by atoms with Crippen LogP contribution in [0.3, 0.4) is 0 Å². The van der Waals surface area contributed by atoms with Crippen LogP contribution in [0.5, 0.6) is 0 Å². The average molecular weight is 276 g/mol. The maximum absolute atomic E-state index is 12.8. The summed E-state index contributed by atoms with van der Waals surface area (Å²) in [5.41, 5.74) is -0.385. The van der Waals surface area contributed by atoms with E-state index in [1.54, 1.807) is 11.0 Å². The fraction of sp³-hybridized carbons (Fsp3) is 0.600. The Balaban J connectivity index is 1.93. The zero-order valence-electron chi connectivity index (χ0n) is 11.7. The van der Waals surface area contributed by atoms with E-state index in [1.807, 2.05) is 23.8 Å². The molecule has 3 rings (SSSR count). The van der Waals surface area contributed by atoms with Gasteiger partial charge in [-0.1, -0.05) is 6.92 Å². The number of nitrogens with zero attached hydrogens (tertiary/aromatic N) is 2. The molecular weight excluding hydrogens is 256 g/mol. The van der Waals surface area contributed by atoms with Gasteiger partial charge in [0.25, 0.3) is 5.91 Å². The third kappa shape index (κ3) is 1.84. The zero-order valence-corrected chi connectivity index (χ0v) is 11.7. The summed E-state index contributed by atoms with van der Waals surface area (Å²) in [7, 11) is 0. The van der Waals surface area contributed by atoms with Crippen molar-refractivity contribution >= 4 is 11.9 Å². The molecule has 1 aliphatic heterocycles. The summed E-state index contributed by atoms with van der Waals surface area (Å²) in [5.74, 6) is -1.01. The Bertz CT molecular complexity index is 547. The van der Waals surface area contributed by atoms with Gasteiger partial charge >= 0.3 is 5.97 Å². The molecule has 1 saturated carbocycles. The van der Waals surface area contributed by atoms with Gasteiger partial charge in [-0.3, -0.25) is 4.79 Å². The monoisotopic (exact) mass is 276 g/mol. The molecule has 1 atom stereocenters. The molecule has 1 amide bonds. The number of carbonyl (C=O) groups excluding carboxylic acids is 1. The lowest BCUT2D eigenvalue weighted by Crippen LogP contribution is -2.53. The van der Waals surface area contributed by atoms with Crippen molar-refractivity contribution in [2.75, 3.05) is 6.54 Å². The number of hydrogen-bond donors (Lipinski definition) is 1. The summed E-state index contributed by atoms with van der Waals surface area (Å²) < 4.78 is 2.00. The van der Waals surface area contributed by atoms with E-state index in [-0.39, 0.29) is 5.91 Å². The van der Waals surface area contributed by atoms with Crippen LogP contribution in [-0.4, -0.2) is 38.5 Å². The first-order valence-electron chi connectivity index (χ1n) is 7.32. The molecule has 5 nitrogen and oxygen atoms in total. The molecular formula is C15H20N2O3. The van der Waals surface area contributed by atoms with Gasteiger partial charge in [0.1, 0.15) is 11.2 Å². The van der Waals surface area contributed by atoms with E-state index in [0.717, 1.165) is 19.3 Å². The summed E-state index contributed by atoms with van der Waals surface area (Å²) >= 11 is 0. The van der Waals surface area contributed by atoms with Gasteiger partial charge in [-0.05, 0) is 44.2 Å². The molecule has 1 aromatic heterocycles. The first kappa shape index (κ1) is 13.2. The maximum atomic E-state index is 12.8. The van der Waals surface area contributed by atoms with E-state index in [1.165, 1.54) is 0 Å². The fourth-order valence-corrected chi connectivity index (χ4v) is 3.30. The third-order valence-corrected chi connectivity index (χ3v) is 4.66. The van der Waals surface area contributed by atoms with Crippen molar-refractivity contribution < 1.29 is 14.7 Å². The smallest absolute Gasteiger partial charge is 0.329 e. The van der Waals surface area contributed by atoms with Crippen molar-refractivity contribution in [1.82, 2.24) is 9.47 Å². The molecule has 0 bridgehead atoms. The summed E-state index contributed by atoms with van der Waals surface area (Å²) in [6, 6.07) is 4.10. The maximum Gasteiger partial charge on any atom is 0.329 e. The molecule has 20 heavy (non-hydrogen) atoms. The lowest BCUT2D eigenvalue weighted by molar-refractivity contribution is -0.148. The van der Waals surface area contributed by atoms with Crippen LogP contribution in [0, 0.1) is 0 Å². The normalized spacial score (nSPS) is 25.9. The minimum atomic E-state index is -1.02. The number of likely N-dealkylation sites (tertiary alicyclic amines) is 1. The molecule has 108 valence electrons. The number of rotatable bonds is 4. The van der Waals surface area contributed by atoms with Gasteiger partial charge in [0.15, 0.2) is 0 Å². The van der Waals surface area contributed by atoms with E-state index in [0.29, 0.717) is 31.1 Å². The van der Waals surface area contributed by atoms with Crippen LogP contribution in [0.25, 0.3) is 0 Å². The number of amides is 1. The number of aliphatic carboxylic acids is 1. The number of carbonyl (C=O) groups is 2. The highest BCUT2D eigenvalue weighted by atomic mass is 16.4. The molecule has 1 unspecified atom stereocenters. The lowest BCUT2D eigenvalue weighted by Gasteiger charge is -2.34. The molecule has 1 N–H and O–H groups in total. The van der Waals surface area contributed by atoms with Crippen LogP contribution in [-0.2, 0) is 4.79 Å². The molecule has 0 radical (unpaired) electrons. The Kier molecular flexibility index (Phi) is 3.07. The molecule has 2 aliphatic rings. The van der Waals surface area contributed by atoms with Crippen molar-refractivity contribution in [1.29, 1.82) is 0 Å². The van der Waals surface area contributed by atoms with E-state index in [4.69, 9.17) is 0 Å². The van der Waals surface area contributed by atoms with Crippen molar-refractivity contribution in [2.45, 2.75) is 50.6 Å². The van der Waals surface area contributed by atoms with Gasteiger partial charge in [0.05, 0.1) is 0 Å². The molecule has 2 heterocycles. The van der Waals surface area contributed by atoms with Crippen molar-refractivity contribution in [3.8, 4) is 0 Å². The highest BCUT2D eigenvalue weighted by Crippen LogP contribution is 2.38. The van der Waals surface area contributed by atoms with E-state index < -0.39 is 11.5 Å². The van der Waals surface area contributed by atoms with Gasteiger partial charge in [0, 0.05) is 18.8 Å². The predicted octanol–water partition coefficient (Wildman–Crippen LogP) is 2.29. The fourth-order valence-electron chi connectivity index (χ4n) is 3.30. The Morgan fingerprint density at radius 2 is 2.20 bits per heavy atom. The highest BCUT2D eigenvalue weighted by molar-refractivity contribution is 5.97. The Hall–Kier alpha value is -1.78. The minimum Gasteiger partial charge on any atom is -0.479 e. The standard InChI is InChI=1S/C15H20N2O3/c1-2-15(14(19)20)8-4-10-17(15)13(18)12-5-3-9-16(12)11-6-7-11/h3,5,9,11H,2,4,6-8,10H2,1H3,(H,19,20). The number of aromatic nitrogens is 1. The van der Waals surface area contributed by atoms with Gasteiger partial charge < -0.3 is 14.6 Å². The summed E-state index contributed by atoms with van der Waals surface area (Å²) in [6.07, 6.45) is 5.90. The van der Waals surface area contributed by atoms with Crippen LogP contribution in [0.2, 0.25) is 0 Å². The van der Waals surface area contributed by atoms with E-state index in [9.17, 15) is 14.7 Å². The Labute approximate surface area is 118 Å². The van der Waals surface area contributed by atoms with Gasteiger partial charge in [0.2, 0.25) is 0 Å². The molecule has 1 aromatic rings. The summed E-state index contributed by atoms with van der Waals surface area (Å²) in [6.45, 7) is 2.38. The average Bonchev–Trinajstić information content (AvgIpc) is 3.02. The van der Waals surface area contributed by atoms with Crippen LogP contribution < -0.4 is 0 Å². The SMILES string of the molecule is CCC1(C(=O)O)CCCN1C(=O)c1cccn1C1CC1. The van der Waals surface area contributed by atoms with E-state index in [2.05, 4.69) is 0 Å². The zero-order chi connectivity index (χ0) is 14.3. The number of hydrogen-bond acceptors (Lipinski definition) is 2. The van der Waals surface area contributed by atoms with Crippen LogP contribution >= 0.6 is 0 Å². The van der Waals surface area contributed by atoms with Crippen LogP contribution in [0.15, 0.2) is 18.3 Å². The largest absolute Gasteiger partial charge is 0.479 e. The number of carboxylic acid groups (broad SMARTS) is 1. The lowest BCUT2D eigenvalue weighted by atomic mass is 9.93.